The van der Waals surface area contributed by atoms with Crippen molar-refractivity contribution in [1.29, 1.82) is 0 Å². The van der Waals surface area contributed by atoms with Crippen LogP contribution in [-0.2, 0) is 13.7 Å². The van der Waals surface area contributed by atoms with Gasteiger partial charge in [0, 0.05) is 12.6 Å². The molecule has 1 aromatic heterocycles. The minimum atomic E-state index is 0.753. The van der Waals surface area contributed by atoms with Gasteiger partial charge in [0.2, 0.25) is 0 Å². The second-order valence-corrected chi connectivity index (χ2v) is 6.08. The van der Waals surface area contributed by atoms with Crippen LogP contribution >= 0.6 is 12.2 Å². The summed E-state index contributed by atoms with van der Waals surface area (Å²) in [4.78, 5) is 2.42. The Bertz CT molecular complexity index is 700. The number of likely N-dealkylation sites (tertiary alicyclic amines) is 1. The zero-order valence-electron chi connectivity index (χ0n) is 13.2. The van der Waals surface area contributed by atoms with Crippen molar-refractivity contribution in [3.8, 4) is 17.1 Å². The molecule has 1 saturated heterocycles. The summed E-state index contributed by atoms with van der Waals surface area (Å²) in [6.45, 7) is 3.04. The zero-order chi connectivity index (χ0) is 15.5. The molecule has 0 saturated carbocycles. The first-order valence-corrected chi connectivity index (χ1v) is 8.10. The number of aromatic nitrogens is 3. The van der Waals surface area contributed by atoms with Crippen molar-refractivity contribution in [3.05, 3.63) is 29.0 Å². The van der Waals surface area contributed by atoms with Crippen LogP contribution in [0.1, 0.15) is 19.3 Å². The Hall–Kier alpha value is -1.66. The fourth-order valence-corrected chi connectivity index (χ4v) is 3.07. The maximum Gasteiger partial charge on any atom is 0.199 e. The number of hydrogen-bond acceptors (Lipinski definition) is 4. The Labute approximate surface area is 136 Å². The number of rotatable bonds is 4. The summed E-state index contributed by atoms with van der Waals surface area (Å²) in [5, 5.41) is 4.73. The number of nitrogens with zero attached hydrogens (tertiary/aromatic N) is 4. The second-order valence-electron chi connectivity index (χ2n) is 5.72. The molecule has 6 heteroatoms. The molecular formula is C16H22N4OS. The molecule has 0 N–H and O–H groups in total. The molecule has 22 heavy (non-hydrogen) atoms. The number of ether oxygens (including phenoxy) is 1. The molecule has 1 aliphatic rings. The Kier molecular flexibility index (Phi) is 4.59. The molecule has 0 atom stereocenters. The lowest BCUT2D eigenvalue weighted by molar-refractivity contribution is 0.172. The summed E-state index contributed by atoms with van der Waals surface area (Å²) in [7, 11) is 3.64. The summed E-state index contributed by atoms with van der Waals surface area (Å²) >= 11 is 5.55. The molecule has 0 amide bonds. The van der Waals surface area contributed by atoms with E-state index in [1.54, 1.807) is 7.11 Å². The molecule has 5 nitrogen and oxygen atoms in total. The van der Waals surface area contributed by atoms with Gasteiger partial charge in [0.05, 0.1) is 13.8 Å². The van der Waals surface area contributed by atoms with E-state index in [0.29, 0.717) is 0 Å². The molecule has 0 unspecified atom stereocenters. The Morgan fingerprint density at radius 3 is 2.73 bits per heavy atom. The highest BCUT2D eigenvalue weighted by Crippen LogP contribution is 2.22. The van der Waals surface area contributed by atoms with E-state index in [1.807, 2.05) is 40.6 Å². The monoisotopic (exact) mass is 318 g/mol. The van der Waals surface area contributed by atoms with Crippen molar-refractivity contribution < 1.29 is 4.74 Å². The fourth-order valence-electron chi connectivity index (χ4n) is 2.88. The van der Waals surface area contributed by atoms with Crippen molar-refractivity contribution in [2.24, 2.45) is 7.05 Å². The van der Waals surface area contributed by atoms with Crippen LogP contribution in [0.3, 0.4) is 0 Å². The van der Waals surface area contributed by atoms with E-state index < -0.39 is 0 Å². The van der Waals surface area contributed by atoms with Crippen LogP contribution in [0.5, 0.6) is 5.75 Å². The van der Waals surface area contributed by atoms with Gasteiger partial charge in [-0.15, -0.1) is 0 Å². The third kappa shape index (κ3) is 3.08. The predicted octanol–water partition coefficient (Wildman–Crippen LogP) is 3.07. The molecule has 2 heterocycles. The molecule has 118 valence electrons. The van der Waals surface area contributed by atoms with Crippen molar-refractivity contribution in [1.82, 2.24) is 19.2 Å². The molecule has 3 rings (SSSR count). The lowest BCUT2D eigenvalue weighted by Gasteiger charge is -2.25. The van der Waals surface area contributed by atoms with Gasteiger partial charge in [0.15, 0.2) is 10.6 Å². The van der Waals surface area contributed by atoms with Crippen LogP contribution in [0, 0.1) is 4.77 Å². The maximum atomic E-state index is 5.55. The number of benzene rings is 1. The van der Waals surface area contributed by atoms with Gasteiger partial charge in [0.1, 0.15) is 5.75 Å². The standard InChI is InChI=1S/C16H22N4OS/c1-18-15(13-7-6-8-14(11-13)21-2)17-20(16(18)22)12-19-9-4-3-5-10-19/h6-8,11H,3-5,9-10,12H2,1-2H3. The highest BCUT2D eigenvalue weighted by atomic mass is 32.1. The number of methoxy groups -OCH3 is 1. The van der Waals surface area contributed by atoms with E-state index in [4.69, 9.17) is 22.1 Å². The van der Waals surface area contributed by atoms with Gasteiger partial charge in [-0.3, -0.25) is 4.90 Å². The Balaban J connectivity index is 1.89. The van der Waals surface area contributed by atoms with E-state index in [-0.39, 0.29) is 0 Å². The molecular weight excluding hydrogens is 296 g/mol. The highest BCUT2D eigenvalue weighted by molar-refractivity contribution is 7.71. The largest absolute Gasteiger partial charge is 0.497 e. The summed E-state index contributed by atoms with van der Waals surface area (Å²) in [5.41, 5.74) is 1.02. The van der Waals surface area contributed by atoms with Crippen molar-refractivity contribution in [3.63, 3.8) is 0 Å². The predicted molar refractivity (Wildman–Crippen MR) is 89.4 cm³/mol. The molecule has 1 fully saturated rings. The van der Waals surface area contributed by atoms with Crippen LogP contribution in [0.4, 0.5) is 0 Å². The van der Waals surface area contributed by atoms with E-state index in [2.05, 4.69) is 4.90 Å². The normalized spacial score (nSPS) is 15.9. The van der Waals surface area contributed by atoms with Crippen molar-refractivity contribution >= 4 is 12.2 Å². The summed E-state index contributed by atoms with van der Waals surface area (Å²) in [6.07, 6.45) is 3.87. The number of piperidine rings is 1. The molecule has 1 aromatic carbocycles. The lowest BCUT2D eigenvalue weighted by atomic mass is 10.1. The SMILES string of the molecule is COc1cccc(-c2nn(CN3CCCCC3)c(=S)n2C)c1. The first kappa shape index (κ1) is 15.2. The maximum absolute atomic E-state index is 5.55. The van der Waals surface area contributed by atoms with Gasteiger partial charge < -0.3 is 9.30 Å². The first-order chi connectivity index (χ1) is 10.7. The quantitative estimate of drug-likeness (QED) is 0.812. The zero-order valence-corrected chi connectivity index (χ0v) is 14.0. The smallest absolute Gasteiger partial charge is 0.199 e. The second kappa shape index (κ2) is 6.62. The van der Waals surface area contributed by atoms with Crippen molar-refractivity contribution in [2.45, 2.75) is 25.9 Å². The Morgan fingerprint density at radius 1 is 1.23 bits per heavy atom. The summed E-state index contributed by atoms with van der Waals surface area (Å²) in [6, 6.07) is 7.93. The minimum absolute atomic E-state index is 0.753. The van der Waals surface area contributed by atoms with Crippen LogP contribution in [0.2, 0.25) is 0 Å². The van der Waals surface area contributed by atoms with Crippen LogP contribution < -0.4 is 4.74 Å². The van der Waals surface area contributed by atoms with Crippen LogP contribution in [-0.4, -0.2) is 39.4 Å². The first-order valence-electron chi connectivity index (χ1n) is 7.69. The molecule has 0 spiro atoms. The lowest BCUT2D eigenvalue weighted by Crippen LogP contribution is -2.32. The van der Waals surface area contributed by atoms with E-state index in [1.165, 1.54) is 19.3 Å². The van der Waals surface area contributed by atoms with Gasteiger partial charge in [-0.05, 0) is 50.3 Å². The third-order valence-electron chi connectivity index (χ3n) is 4.15. The van der Waals surface area contributed by atoms with Gasteiger partial charge in [-0.1, -0.05) is 18.6 Å². The van der Waals surface area contributed by atoms with Gasteiger partial charge >= 0.3 is 0 Å². The number of hydrogen-bond donors (Lipinski definition) is 0. The van der Waals surface area contributed by atoms with E-state index in [0.717, 1.165) is 41.7 Å². The average Bonchev–Trinajstić information content (AvgIpc) is 2.84. The van der Waals surface area contributed by atoms with E-state index in [9.17, 15) is 0 Å². The van der Waals surface area contributed by atoms with Crippen LogP contribution in [0.15, 0.2) is 24.3 Å². The molecule has 1 aliphatic heterocycles. The summed E-state index contributed by atoms with van der Waals surface area (Å²) < 4.78 is 9.94. The third-order valence-corrected chi connectivity index (χ3v) is 4.64. The Morgan fingerprint density at radius 2 is 2.00 bits per heavy atom. The molecule has 0 radical (unpaired) electrons. The van der Waals surface area contributed by atoms with Gasteiger partial charge in [0.25, 0.3) is 0 Å². The van der Waals surface area contributed by atoms with Crippen LogP contribution in [0.25, 0.3) is 11.4 Å². The topological polar surface area (TPSA) is 35.2 Å². The molecule has 0 aliphatic carbocycles. The summed E-state index contributed by atoms with van der Waals surface area (Å²) in [5.74, 6) is 1.70. The van der Waals surface area contributed by atoms with Gasteiger partial charge in [-0.2, -0.15) is 5.10 Å². The van der Waals surface area contributed by atoms with Crippen molar-refractivity contribution in [2.75, 3.05) is 20.2 Å². The fraction of sp³-hybridized carbons (Fsp3) is 0.500. The molecule has 2 aromatic rings. The molecule has 0 bridgehead atoms. The van der Waals surface area contributed by atoms with Gasteiger partial charge in [-0.25, -0.2) is 4.68 Å². The minimum Gasteiger partial charge on any atom is -0.497 e. The average molecular weight is 318 g/mol. The highest BCUT2D eigenvalue weighted by Gasteiger charge is 2.15. The van der Waals surface area contributed by atoms with E-state index >= 15 is 0 Å².